The number of esters is 1. The minimum atomic E-state index is -2.03. The van der Waals surface area contributed by atoms with Crippen molar-refractivity contribution in [1.29, 1.82) is 0 Å². The zero-order valence-corrected chi connectivity index (χ0v) is 36.4. The number of aromatic amines is 1. The number of nitrogens with one attached hydrogen (secondary N) is 3. The zero-order chi connectivity index (χ0) is 44.6. The smallest absolute Gasteiger partial charge is 0.347 e. The van der Waals surface area contributed by atoms with Crippen molar-refractivity contribution in [2.75, 3.05) is 19.6 Å². The SMILES string of the molecule is C[C@@H](OC(=O)[C@](O)(c1ccccc1)c1cccc(-c2ccc(CNC(=O)c3ccc(CNC[C@H](O)c4ccc(O)c5[nH]c(=O)ccc45)cc3)s2)c1)C1CCN(Cc2ccccc2)CC1. The number of fused-ring (bicyclic) bond motifs is 1. The first-order valence-electron chi connectivity index (χ1n) is 21.6. The molecule has 6 N–H and O–H groups in total. The van der Waals surface area contributed by atoms with E-state index in [1.54, 1.807) is 54.6 Å². The summed E-state index contributed by atoms with van der Waals surface area (Å²) in [6.45, 7) is 5.64. The molecule has 3 heterocycles. The van der Waals surface area contributed by atoms with Gasteiger partial charge in [0, 0.05) is 52.0 Å². The molecule has 64 heavy (non-hydrogen) atoms. The van der Waals surface area contributed by atoms with Gasteiger partial charge in [0.25, 0.3) is 5.91 Å². The Hall–Kier alpha value is -6.41. The van der Waals surface area contributed by atoms with E-state index in [2.05, 4.69) is 44.8 Å². The number of thiophene rings is 1. The summed E-state index contributed by atoms with van der Waals surface area (Å²) in [6.07, 6.45) is 0.527. The van der Waals surface area contributed by atoms with Gasteiger partial charge >= 0.3 is 5.97 Å². The molecule has 8 rings (SSSR count). The second-order valence-corrected chi connectivity index (χ2v) is 17.6. The Morgan fingerprint density at radius 1 is 0.828 bits per heavy atom. The number of likely N-dealkylation sites (tertiary alicyclic amines) is 1. The number of aliphatic hydroxyl groups is 2. The summed E-state index contributed by atoms with van der Waals surface area (Å²) < 4.78 is 6.15. The maximum Gasteiger partial charge on any atom is 0.347 e. The van der Waals surface area contributed by atoms with Crippen molar-refractivity contribution in [2.24, 2.45) is 5.92 Å². The maximum absolute atomic E-state index is 14.2. The Morgan fingerprint density at radius 2 is 1.55 bits per heavy atom. The van der Waals surface area contributed by atoms with Gasteiger partial charge in [0.05, 0.1) is 18.2 Å². The van der Waals surface area contributed by atoms with Crippen molar-refractivity contribution < 1.29 is 29.6 Å². The van der Waals surface area contributed by atoms with E-state index in [-0.39, 0.29) is 41.3 Å². The van der Waals surface area contributed by atoms with Crippen LogP contribution in [-0.4, -0.2) is 62.8 Å². The van der Waals surface area contributed by atoms with Crippen molar-refractivity contribution in [2.45, 2.75) is 57.2 Å². The Balaban J connectivity index is 0.860. The Morgan fingerprint density at radius 3 is 2.30 bits per heavy atom. The lowest BCUT2D eigenvalue weighted by Gasteiger charge is -2.36. The van der Waals surface area contributed by atoms with Gasteiger partial charge in [0.1, 0.15) is 11.9 Å². The number of phenols is 1. The normalized spacial score (nSPS) is 15.3. The molecule has 1 saturated heterocycles. The number of carbonyl (C=O) groups excluding carboxylic acids is 2. The van der Waals surface area contributed by atoms with Crippen LogP contribution in [0.4, 0.5) is 0 Å². The quantitative estimate of drug-likeness (QED) is 0.0532. The van der Waals surface area contributed by atoms with Crippen LogP contribution in [0.2, 0.25) is 0 Å². The van der Waals surface area contributed by atoms with E-state index in [1.807, 2.05) is 61.5 Å². The van der Waals surface area contributed by atoms with Gasteiger partial charge in [-0.25, -0.2) is 4.79 Å². The van der Waals surface area contributed by atoms with Gasteiger partial charge in [-0.2, -0.15) is 0 Å². The lowest BCUT2D eigenvalue weighted by Crippen LogP contribution is -2.43. The number of rotatable bonds is 16. The van der Waals surface area contributed by atoms with Crippen LogP contribution in [0, 0.1) is 5.92 Å². The average molecular weight is 877 g/mol. The topological polar surface area (TPSA) is 164 Å². The molecule has 0 bridgehead atoms. The summed E-state index contributed by atoms with van der Waals surface area (Å²) in [5.74, 6) is -0.808. The molecule has 0 aliphatic carbocycles. The standard InChI is InChI=1S/C52H52N4O7S/c1-34(37-25-27-56(28-26-37)33-36-9-4-2-5-10-36)63-51(61)52(62,40-12-6-3-7-13-40)41-14-8-11-39(29-41)47-23-19-42(64-47)31-54-50(60)38-17-15-35(16-18-38)30-53-32-46(58)43-20-22-45(57)49-44(43)21-24-48(59)55-49/h2-24,29,34,37,46,53,57-58,62H,25-28,30-33H2,1H3,(H,54,60)(H,55,59)/t34-,46+,52+/m1/s1. The maximum atomic E-state index is 14.2. The molecule has 11 nitrogen and oxygen atoms in total. The van der Waals surface area contributed by atoms with E-state index in [9.17, 15) is 29.7 Å². The number of amides is 1. The van der Waals surface area contributed by atoms with E-state index in [4.69, 9.17) is 4.74 Å². The highest BCUT2D eigenvalue weighted by molar-refractivity contribution is 7.15. The molecule has 1 aliphatic rings. The third-order valence-corrected chi connectivity index (χ3v) is 13.3. The van der Waals surface area contributed by atoms with Gasteiger partial charge in [-0.15, -0.1) is 11.3 Å². The van der Waals surface area contributed by atoms with Crippen LogP contribution in [0.5, 0.6) is 5.75 Å². The lowest BCUT2D eigenvalue weighted by atomic mass is 9.85. The predicted molar refractivity (Wildman–Crippen MR) is 250 cm³/mol. The van der Waals surface area contributed by atoms with Crippen LogP contribution < -0.4 is 16.2 Å². The fourth-order valence-electron chi connectivity index (χ4n) is 8.44. The van der Waals surface area contributed by atoms with Crippen LogP contribution >= 0.6 is 11.3 Å². The number of hydrogen-bond acceptors (Lipinski definition) is 10. The first-order chi connectivity index (χ1) is 31.0. The fourth-order valence-corrected chi connectivity index (χ4v) is 9.38. The van der Waals surface area contributed by atoms with Crippen molar-refractivity contribution in [3.8, 4) is 16.2 Å². The molecular formula is C52H52N4O7S. The molecule has 1 amide bonds. The van der Waals surface area contributed by atoms with Gasteiger partial charge in [-0.1, -0.05) is 97.1 Å². The molecule has 0 radical (unpaired) electrons. The van der Waals surface area contributed by atoms with Crippen LogP contribution in [0.1, 0.15) is 68.9 Å². The second kappa shape index (κ2) is 20.0. The van der Waals surface area contributed by atoms with Gasteiger partial charge in [0.15, 0.2) is 0 Å². The molecule has 7 aromatic rings. The van der Waals surface area contributed by atoms with Crippen LogP contribution in [0.3, 0.4) is 0 Å². The van der Waals surface area contributed by atoms with Gasteiger partial charge < -0.3 is 35.7 Å². The molecule has 5 aromatic carbocycles. The summed E-state index contributed by atoms with van der Waals surface area (Å²) in [4.78, 5) is 46.0. The fraction of sp³-hybridized carbons (Fsp3) is 0.250. The van der Waals surface area contributed by atoms with Crippen molar-refractivity contribution in [1.82, 2.24) is 20.5 Å². The van der Waals surface area contributed by atoms with Gasteiger partial charge in [0.2, 0.25) is 11.2 Å². The molecule has 3 atom stereocenters. The summed E-state index contributed by atoms with van der Waals surface area (Å²) in [5, 5.41) is 40.3. The van der Waals surface area contributed by atoms with Crippen molar-refractivity contribution in [3.05, 3.63) is 194 Å². The van der Waals surface area contributed by atoms with E-state index in [1.165, 1.54) is 29.0 Å². The number of piperidine rings is 1. The number of carbonyl (C=O) groups is 2. The molecule has 0 unspecified atom stereocenters. The monoisotopic (exact) mass is 876 g/mol. The third kappa shape index (κ3) is 10.2. The molecule has 0 spiro atoms. The number of aromatic nitrogens is 1. The Labute approximate surface area is 376 Å². The van der Waals surface area contributed by atoms with Crippen LogP contribution in [-0.2, 0) is 34.8 Å². The number of nitrogens with zero attached hydrogens (tertiary/aromatic N) is 1. The highest BCUT2D eigenvalue weighted by atomic mass is 32.1. The highest BCUT2D eigenvalue weighted by Gasteiger charge is 2.43. The second-order valence-electron chi connectivity index (χ2n) is 16.4. The molecule has 2 aromatic heterocycles. The van der Waals surface area contributed by atoms with Crippen molar-refractivity contribution >= 4 is 34.1 Å². The number of benzene rings is 5. The number of pyridine rings is 1. The highest BCUT2D eigenvalue weighted by Crippen LogP contribution is 2.37. The average Bonchev–Trinajstić information content (AvgIpc) is 3.81. The number of aromatic hydroxyl groups is 1. The minimum absolute atomic E-state index is 0.0655. The van der Waals surface area contributed by atoms with Crippen molar-refractivity contribution in [3.63, 3.8) is 0 Å². The first-order valence-corrected chi connectivity index (χ1v) is 22.4. The number of phenolic OH excluding ortho intramolecular Hbond substituents is 1. The molecule has 328 valence electrons. The lowest BCUT2D eigenvalue weighted by molar-refractivity contribution is -0.170. The number of ether oxygens (including phenoxy) is 1. The largest absolute Gasteiger partial charge is 0.506 e. The molecule has 12 heteroatoms. The molecular weight excluding hydrogens is 825 g/mol. The van der Waals surface area contributed by atoms with Gasteiger partial charge in [-0.3, -0.25) is 14.5 Å². The predicted octanol–water partition coefficient (Wildman–Crippen LogP) is 7.80. The number of hydrogen-bond donors (Lipinski definition) is 6. The molecule has 1 fully saturated rings. The number of aliphatic hydroxyl groups excluding tert-OH is 1. The summed E-state index contributed by atoms with van der Waals surface area (Å²) in [6, 6.07) is 43.9. The molecule has 1 aliphatic heterocycles. The van der Waals surface area contributed by atoms with E-state index < -0.39 is 17.7 Å². The zero-order valence-electron chi connectivity index (χ0n) is 35.6. The summed E-state index contributed by atoms with van der Waals surface area (Å²) in [5.41, 5.74) is 2.86. The van der Waals surface area contributed by atoms with E-state index in [0.29, 0.717) is 40.7 Å². The van der Waals surface area contributed by atoms with E-state index in [0.717, 1.165) is 53.4 Å². The molecule has 0 saturated carbocycles. The van der Waals surface area contributed by atoms with Crippen LogP contribution in [0.25, 0.3) is 21.3 Å². The van der Waals surface area contributed by atoms with Gasteiger partial charge in [-0.05, 0) is 109 Å². The Bertz CT molecular complexity index is 2750. The first kappa shape index (κ1) is 44.2. The third-order valence-electron chi connectivity index (χ3n) is 12.1. The number of H-pyrrole nitrogens is 1. The summed E-state index contributed by atoms with van der Waals surface area (Å²) in [7, 11) is 0. The minimum Gasteiger partial charge on any atom is -0.506 e. The van der Waals surface area contributed by atoms with Crippen LogP contribution in [0.15, 0.2) is 150 Å². The summed E-state index contributed by atoms with van der Waals surface area (Å²) >= 11 is 1.52. The van der Waals surface area contributed by atoms with E-state index >= 15 is 0 Å². The Kier molecular flexibility index (Phi) is 13.8.